The lowest BCUT2D eigenvalue weighted by Crippen LogP contribution is -2.03. The van der Waals surface area contributed by atoms with Crippen molar-refractivity contribution >= 4 is 23.7 Å². The topological polar surface area (TPSA) is 36.9 Å². The molecule has 4 rings (SSSR count). The van der Waals surface area contributed by atoms with Crippen molar-refractivity contribution in [2.75, 3.05) is 21.3 Å². The van der Waals surface area contributed by atoms with E-state index in [-0.39, 0.29) is 0 Å². The average molecular weight is 386 g/mol. The van der Waals surface area contributed by atoms with Crippen LogP contribution in [0.1, 0.15) is 22.3 Å². The molecule has 4 nitrogen and oxygen atoms in total. The maximum atomic E-state index is 6.33. The fourth-order valence-corrected chi connectivity index (χ4v) is 3.28. The molecule has 1 heterocycles. The van der Waals surface area contributed by atoms with Crippen LogP contribution in [0.3, 0.4) is 0 Å². The van der Waals surface area contributed by atoms with Gasteiger partial charge < -0.3 is 18.9 Å². The van der Waals surface area contributed by atoms with Crippen molar-refractivity contribution < 1.29 is 18.9 Å². The van der Waals surface area contributed by atoms with Crippen LogP contribution in [-0.4, -0.2) is 21.3 Å². The maximum absolute atomic E-state index is 6.33. The lowest BCUT2D eigenvalue weighted by atomic mass is 9.98. The molecule has 0 unspecified atom stereocenters. The van der Waals surface area contributed by atoms with Crippen molar-refractivity contribution in [3.05, 3.63) is 89.0 Å². The summed E-state index contributed by atoms with van der Waals surface area (Å²) in [6.45, 7) is 0. The molecule has 0 fully saturated rings. The molecule has 0 saturated carbocycles. The van der Waals surface area contributed by atoms with Crippen molar-refractivity contribution in [2.24, 2.45) is 0 Å². The third-order valence-corrected chi connectivity index (χ3v) is 4.80. The molecule has 1 aliphatic heterocycles. The number of methoxy groups -OCH3 is 3. The first-order valence-electron chi connectivity index (χ1n) is 9.29. The number of fused-ring (bicyclic) bond motifs is 1. The first-order valence-corrected chi connectivity index (χ1v) is 9.29. The molecule has 0 radical (unpaired) electrons. The van der Waals surface area contributed by atoms with Crippen molar-refractivity contribution in [1.82, 2.24) is 0 Å². The van der Waals surface area contributed by atoms with E-state index >= 15 is 0 Å². The lowest BCUT2D eigenvalue weighted by molar-refractivity contribution is 0.354. The summed E-state index contributed by atoms with van der Waals surface area (Å²) >= 11 is 0. The zero-order chi connectivity index (χ0) is 20.2. The zero-order valence-corrected chi connectivity index (χ0v) is 16.6. The molecule has 0 spiro atoms. The molecule has 0 saturated heterocycles. The van der Waals surface area contributed by atoms with Gasteiger partial charge in [0, 0.05) is 11.1 Å². The standard InChI is InChI=1S/C25H22O4/c1-26-20-11-9-18(10-12-20)22-14-19-15-24(27-2)25(28-3)16-21(19)23(29-22)13-17-7-5-4-6-8-17/h4-16H,1-3H3/b23-13-. The minimum absolute atomic E-state index is 0.662. The Morgan fingerprint density at radius 2 is 1.45 bits per heavy atom. The second-order valence-corrected chi connectivity index (χ2v) is 6.55. The van der Waals surface area contributed by atoms with Crippen LogP contribution in [0.5, 0.6) is 17.2 Å². The van der Waals surface area contributed by atoms with Gasteiger partial charge in [0.2, 0.25) is 0 Å². The molecule has 0 atom stereocenters. The fraction of sp³-hybridized carbons (Fsp3) is 0.120. The van der Waals surface area contributed by atoms with Crippen molar-refractivity contribution in [3.63, 3.8) is 0 Å². The van der Waals surface area contributed by atoms with Gasteiger partial charge in [-0.15, -0.1) is 0 Å². The Morgan fingerprint density at radius 1 is 0.759 bits per heavy atom. The van der Waals surface area contributed by atoms with Gasteiger partial charge in [-0.3, -0.25) is 0 Å². The second kappa shape index (κ2) is 8.15. The predicted molar refractivity (Wildman–Crippen MR) is 116 cm³/mol. The van der Waals surface area contributed by atoms with Gasteiger partial charge in [-0.2, -0.15) is 0 Å². The molecule has 0 N–H and O–H groups in total. The Balaban J connectivity index is 1.85. The minimum atomic E-state index is 0.662. The van der Waals surface area contributed by atoms with Crippen molar-refractivity contribution in [2.45, 2.75) is 0 Å². The van der Waals surface area contributed by atoms with Crippen LogP contribution in [-0.2, 0) is 4.74 Å². The second-order valence-electron chi connectivity index (χ2n) is 6.55. The Morgan fingerprint density at radius 3 is 2.10 bits per heavy atom. The average Bonchev–Trinajstić information content (AvgIpc) is 2.78. The van der Waals surface area contributed by atoms with Crippen LogP contribution in [0.2, 0.25) is 0 Å². The van der Waals surface area contributed by atoms with E-state index in [1.54, 1.807) is 21.3 Å². The van der Waals surface area contributed by atoms with E-state index in [1.807, 2.05) is 78.9 Å². The van der Waals surface area contributed by atoms with E-state index in [1.165, 1.54) is 0 Å². The Kier molecular flexibility index (Phi) is 5.25. The summed E-state index contributed by atoms with van der Waals surface area (Å²) in [7, 11) is 4.92. The molecule has 146 valence electrons. The number of benzene rings is 3. The van der Waals surface area contributed by atoms with Gasteiger partial charge in [-0.1, -0.05) is 30.3 Å². The smallest absolute Gasteiger partial charge is 0.161 e. The van der Waals surface area contributed by atoms with E-state index in [0.717, 1.165) is 39.5 Å². The monoisotopic (exact) mass is 386 g/mol. The highest BCUT2D eigenvalue weighted by molar-refractivity contribution is 5.94. The van der Waals surface area contributed by atoms with Crippen LogP contribution >= 0.6 is 0 Å². The van der Waals surface area contributed by atoms with E-state index in [0.29, 0.717) is 11.5 Å². The first-order chi connectivity index (χ1) is 14.2. The molecular formula is C25H22O4. The van der Waals surface area contributed by atoms with E-state index in [4.69, 9.17) is 18.9 Å². The molecule has 29 heavy (non-hydrogen) atoms. The van der Waals surface area contributed by atoms with Crippen molar-refractivity contribution in [1.29, 1.82) is 0 Å². The van der Waals surface area contributed by atoms with Crippen LogP contribution in [0.25, 0.3) is 23.7 Å². The largest absolute Gasteiger partial charge is 0.497 e. The molecule has 1 aliphatic rings. The molecule has 3 aromatic carbocycles. The Hall–Kier alpha value is -3.66. The molecule has 3 aromatic rings. The minimum Gasteiger partial charge on any atom is -0.497 e. The normalized spacial score (nSPS) is 13.9. The first kappa shape index (κ1) is 18.7. The van der Waals surface area contributed by atoms with Gasteiger partial charge in [-0.05, 0) is 59.7 Å². The van der Waals surface area contributed by atoms with Crippen LogP contribution in [0.4, 0.5) is 0 Å². The van der Waals surface area contributed by atoms with Gasteiger partial charge in [0.15, 0.2) is 11.5 Å². The number of ether oxygens (including phenoxy) is 4. The number of hydrogen-bond donors (Lipinski definition) is 0. The highest BCUT2D eigenvalue weighted by Crippen LogP contribution is 2.41. The summed E-state index contributed by atoms with van der Waals surface area (Å²) in [5, 5.41) is 0. The number of hydrogen-bond acceptors (Lipinski definition) is 4. The summed E-state index contributed by atoms with van der Waals surface area (Å²) in [5.41, 5.74) is 3.97. The number of rotatable bonds is 5. The summed E-state index contributed by atoms with van der Waals surface area (Å²) in [6.07, 6.45) is 4.04. The van der Waals surface area contributed by atoms with E-state index in [2.05, 4.69) is 0 Å². The summed E-state index contributed by atoms with van der Waals surface area (Å²) in [5.74, 6) is 3.65. The highest BCUT2D eigenvalue weighted by Gasteiger charge is 2.21. The van der Waals surface area contributed by atoms with Gasteiger partial charge in [0.1, 0.15) is 17.3 Å². The zero-order valence-electron chi connectivity index (χ0n) is 16.6. The van der Waals surface area contributed by atoms with Gasteiger partial charge in [-0.25, -0.2) is 0 Å². The highest BCUT2D eigenvalue weighted by atomic mass is 16.5. The summed E-state index contributed by atoms with van der Waals surface area (Å²) < 4.78 is 22.6. The molecular weight excluding hydrogens is 364 g/mol. The van der Waals surface area contributed by atoms with Gasteiger partial charge in [0.05, 0.1) is 21.3 Å². The fourth-order valence-electron chi connectivity index (χ4n) is 3.28. The Labute approximate surface area is 170 Å². The SMILES string of the molecule is COc1ccc(C2=Cc3cc(OC)c(OC)cc3/C(=C/c3ccccc3)O2)cc1. The predicted octanol–water partition coefficient (Wildman–Crippen LogP) is 5.74. The van der Waals surface area contributed by atoms with Crippen LogP contribution in [0.15, 0.2) is 66.7 Å². The molecule has 4 heteroatoms. The third-order valence-electron chi connectivity index (χ3n) is 4.80. The Bertz CT molecular complexity index is 1060. The molecule has 0 bridgehead atoms. The van der Waals surface area contributed by atoms with Crippen molar-refractivity contribution in [3.8, 4) is 17.2 Å². The van der Waals surface area contributed by atoms with Crippen LogP contribution < -0.4 is 14.2 Å². The molecule has 0 aromatic heterocycles. The van der Waals surface area contributed by atoms with Gasteiger partial charge >= 0.3 is 0 Å². The summed E-state index contributed by atoms with van der Waals surface area (Å²) in [4.78, 5) is 0. The van der Waals surface area contributed by atoms with E-state index < -0.39 is 0 Å². The van der Waals surface area contributed by atoms with Crippen LogP contribution in [0, 0.1) is 0 Å². The molecule has 0 aliphatic carbocycles. The summed E-state index contributed by atoms with van der Waals surface area (Å²) in [6, 6.07) is 21.8. The lowest BCUT2D eigenvalue weighted by Gasteiger charge is -2.23. The molecule has 0 amide bonds. The van der Waals surface area contributed by atoms with E-state index in [9.17, 15) is 0 Å². The maximum Gasteiger partial charge on any atom is 0.161 e. The quantitative estimate of drug-likeness (QED) is 0.560. The van der Waals surface area contributed by atoms with Gasteiger partial charge in [0.25, 0.3) is 0 Å². The third kappa shape index (κ3) is 3.83.